The van der Waals surface area contributed by atoms with E-state index in [9.17, 15) is 14.4 Å². The van der Waals surface area contributed by atoms with Crippen molar-refractivity contribution in [3.63, 3.8) is 0 Å². The van der Waals surface area contributed by atoms with E-state index in [0.717, 1.165) is 10.0 Å². The van der Waals surface area contributed by atoms with Gasteiger partial charge in [-0.15, -0.1) is 0 Å². The molecule has 1 saturated carbocycles. The Morgan fingerprint density at radius 2 is 1.76 bits per heavy atom. The van der Waals surface area contributed by atoms with E-state index in [1.807, 2.05) is 43.3 Å². The summed E-state index contributed by atoms with van der Waals surface area (Å²) >= 11 is 9.51. The third-order valence-corrected chi connectivity index (χ3v) is 7.82. The van der Waals surface area contributed by atoms with Gasteiger partial charge in [-0.2, -0.15) is 0 Å². The molecule has 0 radical (unpaired) electrons. The van der Waals surface area contributed by atoms with Gasteiger partial charge >= 0.3 is 5.97 Å². The maximum atomic E-state index is 14.0. The van der Waals surface area contributed by atoms with Crippen LogP contribution in [0.5, 0.6) is 5.75 Å². The van der Waals surface area contributed by atoms with Gasteiger partial charge in [-0.25, -0.2) is 0 Å². The van der Waals surface area contributed by atoms with Crippen molar-refractivity contribution in [1.82, 2.24) is 5.32 Å². The predicted octanol–water partition coefficient (Wildman–Crippen LogP) is 5.70. The predicted molar refractivity (Wildman–Crippen MR) is 132 cm³/mol. The van der Waals surface area contributed by atoms with E-state index in [1.54, 1.807) is 36.4 Å². The number of halogens is 2. The van der Waals surface area contributed by atoms with Gasteiger partial charge in [0, 0.05) is 33.1 Å². The Kier molecular flexibility index (Phi) is 5.61. The number of carbonyl (C=O) groups is 3. The number of nitrogens with one attached hydrogen (secondary N) is 1. The molecule has 0 bridgehead atoms. The first-order chi connectivity index (χ1) is 16.4. The van der Waals surface area contributed by atoms with Crippen molar-refractivity contribution in [3.8, 4) is 5.75 Å². The number of fused-ring (bicyclic) bond motifs is 3. The number of hydrogen-bond donors (Lipinski definition) is 1. The molecule has 7 heteroatoms. The minimum absolute atomic E-state index is 0.238. The molecule has 3 aromatic rings. The van der Waals surface area contributed by atoms with Crippen molar-refractivity contribution in [3.05, 3.63) is 99.0 Å². The Balaban J connectivity index is 1.62. The Hall–Kier alpha value is -2.96. The van der Waals surface area contributed by atoms with Crippen LogP contribution in [-0.4, -0.2) is 17.7 Å². The second-order valence-electron chi connectivity index (χ2n) is 8.64. The summed E-state index contributed by atoms with van der Waals surface area (Å²) in [5.74, 6) is -1.72. The number of carbonyl (C=O) groups excluding carboxylic acids is 3. The Bertz CT molecular complexity index is 1310. The number of rotatable bonds is 6. The van der Waals surface area contributed by atoms with E-state index in [-0.39, 0.29) is 12.3 Å². The number of ketones is 1. The van der Waals surface area contributed by atoms with E-state index in [0.29, 0.717) is 28.3 Å². The van der Waals surface area contributed by atoms with Crippen LogP contribution in [0.2, 0.25) is 5.02 Å². The molecule has 5 rings (SSSR count). The lowest BCUT2D eigenvalue weighted by Crippen LogP contribution is -2.45. The van der Waals surface area contributed by atoms with Gasteiger partial charge in [0.15, 0.2) is 11.2 Å². The molecule has 1 amide bonds. The zero-order chi connectivity index (χ0) is 24.1. The van der Waals surface area contributed by atoms with Gasteiger partial charge in [0.1, 0.15) is 5.75 Å². The van der Waals surface area contributed by atoms with E-state index in [2.05, 4.69) is 21.2 Å². The zero-order valence-corrected chi connectivity index (χ0v) is 20.7. The number of benzene rings is 3. The molecule has 172 valence electrons. The summed E-state index contributed by atoms with van der Waals surface area (Å²) in [4.78, 5) is 41.4. The van der Waals surface area contributed by atoms with Crippen LogP contribution in [0.3, 0.4) is 0 Å². The molecule has 3 atom stereocenters. The van der Waals surface area contributed by atoms with Crippen LogP contribution in [-0.2, 0) is 16.1 Å². The SMILES string of the molecule is CC[C@@]1(C(=O)c2ccc(Cl)cc2)[C@@H]2c3cc(Br)ccc3OC(=O)[C@@]21C(=O)NCc1ccccc1. The maximum Gasteiger partial charge on any atom is 0.328 e. The molecule has 0 aromatic heterocycles. The fourth-order valence-corrected chi connectivity index (χ4v) is 6.01. The molecule has 0 spiro atoms. The van der Waals surface area contributed by atoms with Crippen LogP contribution < -0.4 is 10.1 Å². The smallest absolute Gasteiger partial charge is 0.328 e. The Morgan fingerprint density at radius 1 is 1.06 bits per heavy atom. The Morgan fingerprint density at radius 3 is 2.44 bits per heavy atom. The monoisotopic (exact) mass is 537 g/mol. The molecule has 2 aliphatic rings. The van der Waals surface area contributed by atoms with E-state index in [1.165, 1.54) is 0 Å². The maximum absolute atomic E-state index is 14.0. The molecule has 5 nitrogen and oxygen atoms in total. The highest BCUT2D eigenvalue weighted by Gasteiger charge is 2.89. The molecular weight excluding hydrogens is 518 g/mol. The van der Waals surface area contributed by atoms with Crippen LogP contribution in [0.1, 0.15) is 40.7 Å². The Labute approximate surface area is 210 Å². The quantitative estimate of drug-likeness (QED) is 0.189. The first-order valence-corrected chi connectivity index (χ1v) is 12.2. The fourth-order valence-electron chi connectivity index (χ4n) is 5.51. The lowest BCUT2D eigenvalue weighted by molar-refractivity contribution is -0.149. The molecule has 1 heterocycles. The van der Waals surface area contributed by atoms with Crippen molar-refractivity contribution >= 4 is 45.2 Å². The number of ether oxygens (including phenoxy) is 1. The first kappa shape index (κ1) is 22.8. The third kappa shape index (κ3) is 3.16. The molecule has 3 aromatic carbocycles. The van der Waals surface area contributed by atoms with Gasteiger partial charge in [0.2, 0.25) is 5.91 Å². The summed E-state index contributed by atoms with van der Waals surface area (Å²) in [7, 11) is 0. The van der Waals surface area contributed by atoms with Crippen LogP contribution in [0.4, 0.5) is 0 Å². The second-order valence-corrected chi connectivity index (χ2v) is 9.99. The number of amides is 1. The summed E-state index contributed by atoms with van der Waals surface area (Å²) in [6.45, 7) is 2.07. The minimum Gasteiger partial charge on any atom is -0.425 e. The summed E-state index contributed by atoms with van der Waals surface area (Å²) in [6, 6.07) is 21.2. The summed E-state index contributed by atoms with van der Waals surface area (Å²) in [6.07, 6.45) is 0.291. The summed E-state index contributed by atoms with van der Waals surface area (Å²) in [5, 5.41) is 3.41. The highest BCUT2D eigenvalue weighted by atomic mass is 79.9. The molecule has 0 saturated heterocycles. The molecule has 1 fully saturated rings. The lowest BCUT2D eigenvalue weighted by Gasteiger charge is -2.24. The summed E-state index contributed by atoms with van der Waals surface area (Å²) < 4.78 is 6.46. The molecule has 1 N–H and O–H groups in total. The van der Waals surface area contributed by atoms with Crippen molar-refractivity contribution in [1.29, 1.82) is 0 Å². The molecule has 0 unspecified atom stereocenters. The largest absolute Gasteiger partial charge is 0.425 e. The van der Waals surface area contributed by atoms with Crippen molar-refractivity contribution < 1.29 is 19.1 Å². The summed E-state index contributed by atoms with van der Waals surface area (Å²) in [5.41, 5.74) is -0.956. The van der Waals surface area contributed by atoms with Gasteiger partial charge in [-0.05, 0) is 54.4 Å². The fraction of sp³-hybridized carbons (Fsp3) is 0.222. The second kappa shape index (κ2) is 8.36. The number of esters is 1. The minimum atomic E-state index is -1.65. The van der Waals surface area contributed by atoms with Gasteiger partial charge < -0.3 is 10.1 Å². The highest BCUT2D eigenvalue weighted by molar-refractivity contribution is 9.10. The van der Waals surface area contributed by atoms with Crippen LogP contribution in [0.25, 0.3) is 0 Å². The normalized spacial score (nSPS) is 24.4. The van der Waals surface area contributed by atoms with Crippen LogP contribution in [0.15, 0.2) is 77.3 Å². The van der Waals surface area contributed by atoms with Crippen LogP contribution in [0, 0.1) is 10.8 Å². The standard InChI is InChI=1S/C27H21BrClNO4/c1-2-26(23(31)17-8-11-19(29)12-9-17)22-20-14-18(28)10-13-21(20)34-25(33)27(22,26)24(32)30-15-16-6-4-3-5-7-16/h3-14,22H,2,15H2,1H3,(H,30,32)/t22-,26-,27-/m0/s1. The van der Waals surface area contributed by atoms with E-state index < -0.39 is 28.6 Å². The average molecular weight is 539 g/mol. The van der Waals surface area contributed by atoms with Crippen molar-refractivity contribution in [2.24, 2.45) is 10.8 Å². The van der Waals surface area contributed by atoms with E-state index >= 15 is 0 Å². The lowest BCUT2D eigenvalue weighted by atomic mass is 9.82. The average Bonchev–Trinajstić information content (AvgIpc) is 3.50. The highest BCUT2D eigenvalue weighted by Crippen LogP contribution is 2.80. The zero-order valence-electron chi connectivity index (χ0n) is 18.3. The van der Waals surface area contributed by atoms with Gasteiger partial charge in [-0.1, -0.05) is 64.8 Å². The molecule has 1 aliphatic heterocycles. The topological polar surface area (TPSA) is 72.5 Å². The number of hydrogen-bond acceptors (Lipinski definition) is 4. The molecular formula is C27H21BrClNO4. The molecule has 1 aliphatic carbocycles. The molecule has 34 heavy (non-hydrogen) atoms. The van der Waals surface area contributed by atoms with Gasteiger partial charge in [0.05, 0.1) is 5.41 Å². The van der Waals surface area contributed by atoms with Crippen molar-refractivity contribution in [2.45, 2.75) is 25.8 Å². The van der Waals surface area contributed by atoms with Gasteiger partial charge in [-0.3, -0.25) is 14.4 Å². The number of Topliss-reactive ketones (excluding diaryl/α,β-unsaturated/α-hetero) is 1. The van der Waals surface area contributed by atoms with E-state index in [4.69, 9.17) is 16.3 Å². The van der Waals surface area contributed by atoms with Crippen molar-refractivity contribution in [2.75, 3.05) is 0 Å². The van der Waals surface area contributed by atoms with Crippen LogP contribution >= 0.6 is 27.5 Å². The van der Waals surface area contributed by atoms with Gasteiger partial charge in [0.25, 0.3) is 0 Å². The third-order valence-electron chi connectivity index (χ3n) is 7.08. The first-order valence-electron chi connectivity index (χ1n) is 11.0.